The summed E-state index contributed by atoms with van der Waals surface area (Å²) in [7, 11) is 1.37. The molecule has 1 fully saturated rings. The number of fused-ring (bicyclic) bond motifs is 2. The van der Waals surface area contributed by atoms with Gasteiger partial charge in [-0.2, -0.15) is 9.97 Å². The monoisotopic (exact) mass is 619 g/mol. The second-order valence-corrected chi connectivity index (χ2v) is 10.6. The summed E-state index contributed by atoms with van der Waals surface area (Å²) in [6.07, 6.45) is 2.54. The molecule has 0 radical (unpaired) electrons. The third-order valence-electron chi connectivity index (χ3n) is 7.35. The fourth-order valence-corrected chi connectivity index (χ4v) is 5.61. The summed E-state index contributed by atoms with van der Waals surface area (Å²) in [6.45, 7) is 4.38. The number of methoxy groups -OCH3 is 1. The number of aromatic nitrogens is 5. The van der Waals surface area contributed by atoms with Crippen LogP contribution in [0.4, 0.5) is 19.0 Å². The Bertz CT molecular complexity index is 1960. The predicted octanol–water partition coefficient (Wildman–Crippen LogP) is 5.85. The van der Waals surface area contributed by atoms with Crippen molar-refractivity contribution in [2.45, 2.75) is 13.8 Å². The number of rotatable bonds is 5. The quantitative estimate of drug-likeness (QED) is 0.226. The molecule has 1 amide bonds. The molecule has 0 saturated carbocycles. The second kappa shape index (κ2) is 11.7. The van der Waals surface area contributed by atoms with Crippen LogP contribution in [0, 0.1) is 25.5 Å². The predicted molar refractivity (Wildman–Crippen MR) is 161 cm³/mol. The zero-order chi connectivity index (χ0) is 31.1. The molecule has 6 rings (SSSR count). The molecule has 0 bridgehead atoms. The number of nitrogens with zero attached hydrogens (tertiary/aromatic N) is 7. The summed E-state index contributed by atoms with van der Waals surface area (Å²) < 4.78 is 50.7. The highest BCUT2D eigenvalue weighted by Gasteiger charge is 2.28. The van der Waals surface area contributed by atoms with Gasteiger partial charge in [-0.1, -0.05) is 35.9 Å². The van der Waals surface area contributed by atoms with E-state index in [1.165, 1.54) is 24.3 Å². The highest BCUT2D eigenvalue weighted by atomic mass is 35.5. The van der Waals surface area contributed by atoms with E-state index >= 15 is 4.39 Å². The van der Waals surface area contributed by atoms with Gasteiger partial charge in [0.25, 0.3) is 5.91 Å². The molecule has 13 heteroatoms. The van der Waals surface area contributed by atoms with Gasteiger partial charge in [-0.05, 0) is 31.4 Å². The van der Waals surface area contributed by atoms with Gasteiger partial charge in [0, 0.05) is 55.1 Å². The lowest BCUT2D eigenvalue weighted by molar-refractivity contribution is -0.128. The van der Waals surface area contributed by atoms with E-state index in [1.807, 2.05) is 4.90 Å². The van der Waals surface area contributed by atoms with Crippen molar-refractivity contribution < 1.29 is 22.7 Å². The molecule has 0 unspecified atom stereocenters. The molecule has 0 aliphatic carbocycles. The smallest absolute Gasteiger partial charge is 0.318 e. The van der Waals surface area contributed by atoms with Crippen LogP contribution in [0.15, 0.2) is 48.4 Å². The number of benzene rings is 2. The summed E-state index contributed by atoms with van der Waals surface area (Å²) in [4.78, 5) is 37.5. The van der Waals surface area contributed by atoms with E-state index in [0.717, 1.165) is 6.08 Å². The Balaban J connectivity index is 1.31. The molecule has 3 aromatic heterocycles. The Labute approximate surface area is 255 Å². The molecule has 0 atom stereocenters. The number of piperazine rings is 1. The van der Waals surface area contributed by atoms with E-state index in [2.05, 4.69) is 24.9 Å². The normalized spacial score (nSPS) is 14.0. The number of pyridine rings is 1. The highest BCUT2D eigenvalue weighted by Crippen LogP contribution is 2.38. The fraction of sp³-hybridized carbons (Fsp3) is 0.226. The molecular formula is C31H25ClF3N7O2. The van der Waals surface area contributed by atoms with Crippen molar-refractivity contribution in [1.29, 1.82) is 0 Å². The van der Waals surface area contributed by atoms with E-state index in [4.69, 9.17) is 16.3 Å². The molecule has 2 aromatic carbocycles. The Morgan fingerprint density at radius 1 is 1.02 bits per heavy atom. The number of hydrogen-bond acceptors (Lipinski definition) is 8. The van der Waals surface area contributed by atoms with Crippen molar-refractivity contribution in [2.75, 3.05) is 38.2 Å². The first-order valence-corrected chi connectivity index (χ1v) is 14.0. The summed E-state index contributed by atoms with van der Waals surface area (Å²) >= 11 is 6.29. The lowest BCUT2D eigenvalue weighted by Gasteiger charge is -2.35. The van der Waals surface area contributed by atoms with Gasteiger partial charge in [0.1, 0.15) is 28.7 Å². The van der Waals surface area contributed by atoms with Gasteiger partial charge in [-0.15, -0.1) is 0 Å². The Kier molecular flexibility index (Phi) is 7.76. The number of amides is 1. The van der Waals surface area contributed by atoms with Crippen LogP contribution in [0.2, 0.25) is 5.02 Å². The van der Waals surface area contributed by atoms with Crippen molar-refractivity contribution >= 4 is 51.1 Å². The van der Waals surface area contributed by atoms with Gasteiger partial charge in [0.05, 0.1) is 23.2 Å². The Morgan fingerprint density at radius 3 is 2.52 bits per heavy atom. The molecule has 9 nitrogen and oxygen atoms in total. The van der Waals surface area contributed by atoms with E-state index in [1.54, 1.807) is 44.2 Å². The summed E-state index contributed by atoms with van der Waals surface area (Å²) in [5.74, 6) is -2.25. The largest absolute Gasteiger partial charge is 0.467 e. The van der Waals surface area contributed by atoms with Crippen molar-refractivity contribution in [2.24, 2.45) is 0 Å². The zero-order valence-electron chi connectivity index (χ0n) is 23.9. The molecule has 4 heterocycles. The van der Waals surface area contributed by atoms with Crippen molar-refractivity contribution in [3.8, 4) is 17.3 Å². The molecule has 224 valence electrons. The van der Waals surface area contributed by atoms with Crippen molar-refractivity contribution in [3.63, 3.8) is 0 Å². The van der Waals surface area contributed by atoms with Gasteiger partial charge in [-0.3, -0.25) is 9.78 Å². The van der Waals surface area contributed by atoms with E-state index in [-0.39, 0.29) is 48.4 Å². The molecule has 0 spiro atoms. The number of hydrogen-bond donors (Lipinski definition) is 0. The van der Waals surface area contributed by atoms with Crippen LogP contribution in [-0.2, 0) is 4.79 Å². The molecule has 1 saturated heterocycles. The van der Waals surface area contributed by atoms with Crippen LogP contribution in [-0.4, -0.2) is 69.0 Å². The number of ether oxygens (including phenoxy) is 1. The Hall–Kier alpha value is -4.84. The standard InChI is InChI=1S/C31H25ClF3N7O2/c1-16-13-19(38-17(2)37-16)14-23(34)30(43)42-11-9-41(10-12-42)29-21-15-36-27(26(35)28(21)39-31(40-29)44-3)20-6-4-5-18-7-8-22(33)25(32)24(18)20/h4-8,13-15H,9-12H2,1-3H3/b23-14-. The van der Waals surface area contributed by atoms with E-state index in [9.17, 15) is 13.6 Å². The van der Waals surface area contributed by atoms with Crippen LogP contribution in [0.3, 0.4) is 0 Å². The molecule has 1 aliphatic heterocycles. The molecule has 44 heavy (non-hydrogen) atoms. The lowest BCUT2D eigenvalue weighted by Crippen LogP contribution is -2.49. The third kappa shape index (κ3) is 5.37. The molecular weight excluding hydrogens is 595 g/mol. The maximum absolute atomic E-state index is 16.2. The number of carbonyl (C=O) groups is 1. The minimum Gasteiger partial charge on any atom is -0.467 e. The number of aryl methyl sites for hydroxylation is 2. The average molecular weight is 620 g/mol. The van der Waals surface area contributed by atoms with Gasteiger partial charge in [0.15, 0.2) is 11.6 Å². The van der Waals surface area contributed by atoms with E-state index in [0.29, 0.717) is 44.8 Å². The minimum atomic E-state index is -0.933. The Morgan fingerprint density at radius 2 is 1.80 bits per heavy atom. The third-order valence-corrected chi connectivity index (χ3v) is 7.72. The number of halogens is 4. The SMILES string of the molecule is COc1nc(N2CCN(C(=O)/C(F)=C/c3cc(C)nc(C)n3)CC2)c2cnc(-c3cccc4ccc(F)c(Cl)c34)c(F)c2n1. The number of anilines is 1. The highest BCUT2D eigenvalue weighted by molar-refractivity contribution is 6.36. The molecule has 5 aromatic rings. The van der Waals surface area contributed by atoms with Gasteiger partial charge >= 0.3 is 6.01 Å². The average Bonchev–Trinajstić information content (AvgIpc) is 3.01. The first-order chi connectivity index (χ1) is 21.1. The lowest BCUT2D eigenvalue weighted by atomic mass is 10.0. The summed E-state index contributed by atoms with van der Waals surface area (Å²) in [5, 5.41) is 1.12. The van der Waals surface area contributed by atoms with Gasteiger partial charge in [-0.25, -0.2) is 23.1 Å². The fourth-order valence-electron chi connectivity index (χ4n) is 5.33. The second-order valence-electron chi connectivity index (χ2n) is 10.2. The van der Waals surface area contributed by atoms with Crippen LogP contribution in [0.1, 0.15) is 17.2 Å². The maximum Gasteiger partial charge on any atom is 0.318 e. The topological polar surface area (TPSA) is 97.2 Å². The van der Waals surface area contributed by atoms with Crippen LogP contribution in [0.25, 0.3) is 39.0 Å². The van der Waals surface area contributed by atoms with Gasteiger partial charge < -0.3 is 14.5 Å². The first kappa shape index (κ1) is 29.2. The van der Waals surface area contributed by atoms with Gasteiger partial charge in [0.2, 0.25) is 0 Å². The van der Waals surface area contributed by atoms with Crippen LogP contribution >= 0.6 is 11.6 Å². The summed E-state index contributed by atoms with van der Waals surface area (Å²) in [5.41, 5.74) is 1.17. The van der Waals surface area contributed by atoms with Crippen LogP contribution in [0.5, 0.6) is 6.01 Å². The molecule has 1 aliphatic rings. The van der Waals surface area contributed by atoms with Crippen molar-refractivity contribution in [1.82, 2.24) is 29.8 Å². The molecule has 0 N–H and O–H groups in total. The maximum atomic E-state index is 16.2. The van der Waals surface area contributed by atoms with Crippen molar-refractivity contribution in [3.05, 3.63) is 82.3 Å². The first-order valence-electron chi connectivity index (χ1n) is 13.7. The zero-order valence-corrected chi connectivity index (χ0v) is 24.7. The summed E-state index contributed by atoms with van der Waals surface area (Å²) in [6, 6.07) is 9.40. The van der Waals surface area contributed by atoms with Crippen LogP contribution < -0.4 is 9.64 Å². The minimum absolute atomic E-state index is 0.0516. The number of carbonyl (C=O) groups excluding carboxylic acids is 1. The van der Waals surface area contributed by atoms with E-state index < -0.39 is 23.4 Å².